The van der Waals surface area contributed by atoms with Crippen LogP contribution in [0.4, 0.5) is 0 Å². The second-order valence-corrected chi connectivity index (χ2v) is 5.35. The summed E-state index contributed by atoms with van der Waals surface area (Å²) in [6.07, 6.45) is 1.72. The summed E-state index contributed by atoms with van der Waals surface area (Å²) in [5.41, 5.74) is 7.43. The van der Waals surface area contributed by atoms with Crippen LogP contribution in [-0.4, -0.2) is 4.98 Å². The molecule has 0 aliphatic rings. The van der Waals surface area contributed by atoms with Crippen LogP contribution in [0, 0.1) is 0 Å². The molecule has 2 aromatic carbocycles. The molecule has 0 saturated heterocycles. The molecule has 0 spiro atoms. The standard InChI is InChI=1S/C16H12Cl2N2O/c17-11-5-6-13(18)15(7-11)21-16-10(8-19)9-20-14-4-2-1-3-12(14)16/h1-7,9H,8,19H2. The van der Waals surface area contributed by atoms with Gasteiger partial charge in [-0.2, -0.15) is 0 Å². The Hall–Kier alpha value is -1.81. The van der Waals surface area contributed by atoms with Crippen molar-refractivity contribution in [2.24, 2.45) is 5.73 Å². The molecule has 5 heteroatoms. The highest BCUT2D eigenvalue weighted by atomic mass is 35.5. The fourth-order valence-corrected chi connectivity index (χ4v) is 2.41. The topological polar surface area (TPSA) is 48.1 Å². The summed E-state index contributed by atoms with van der Waals surface area (Å²) in [5, 5.41) is 1.93. The summed E-state index contributed by atoms with van der Waals surface area (Å²) in [6, 6.07) is 12.8. The highest BCUT2D eigenvalue weighted by Gasteiger charge is 2.12. The van der Waals surface area contributed by atoms with Gasteiger partial charge in [0.15, 0.2) is 0 Å². The van der Waals surface area contributed by atoms with E-state index in [0.29, 0.717) is 28.1 Å². The Bertz CT molecular complexity index is 805. The van der Waals surface area contributed by atoms with Crippen molar-refractivity contribution in [2.45, 2.75) is 6.54 Å². The van der Waals surface area contributed by atoms with E-state index in [9.17, 15) is 0 Å². The number of benzene rings is 2. The van der Waals surface area contributed by atoms with Gasteiger partial charge in [0.1, 0.15) is 11.5 Å². The van der Waals surface area contributed by atoms with E-state index in [1.807, 2.05) is 24.3 Å². The zero-order valence-electron chi connectivity index (χ0n) is 11.0. The van der Waals surface area contributed by atoms with Crippen LogP contribution in [0.2, 0.25) is 10.0 Å². The van der Waals surface area contributed by atoms with E-state index in [0.717, 1.165) is 16.5 Å². The fraction of sp³-hybridized carbons (Fsp3) is 0.0625. The molecular formula is C16H12Cl2N2O. The van der Waals surface area contributed by atoms with Crippen LogP contribution >= 0.6 is 23.2 Å². The molecule has 21 heavy (non-hydrogen) atoms. The maximum Gasteiger partial charge on any atom is 0.147 e. The molecule has 0 bridgehead atoms. The molecule has 106 valence electrons. The van der Waals surface area contributed by atoms with E-state index in [1.54, 1.807) is 24.4 Å². The second-order valence-electron chi connectivity index (χ2n) is 4.51. The summed E-state index contributed by atoms with van der Waals surface area (Å²) in [5.74, 6) is 1.16. The van der Waals surface area contributed by atoms with Crippen molar-refractivity contribution >= 4 is 34.1 Å². The number of nitrogens with two attached hydrogens (primary N) is 1. The van der Waals surface area contributed by atoms with Gasteiger partial charge in [0.2, 0.25) is 0 Å². The highest BCUT2D eigenvalue weighted by molar-refractivity contribution is 6.34. The van der Waals surface area contributed by atoms with E-state index in [2.05, 4.69) is 4.98 Å². The number of ether oxygens (including phenoxy) is 1. The van der Waals surface area contributed by atoms with Crippen LogP contribution in [0.1, 0.15) is 5.56 Å². The first-order valence-corrected chi connectivity index (χ1v) is 7.14. The van der Waals surface area contributed by atoms with Gasteiger partial charge in [-0.3, -0.25) is 4.98 Å². The van der Waals surface area contributed by atoms with E-state index >= 15 is 0 Å². The van der Waals surface area contributed by atoms with Gasteiger partial charge in [0.05, 0.1) is 10.5 Å². The van der Waals surface area contributed by atoms with Gasteiger partial charge in [-0.15, -0.1) is 0 Å². The second kappa shape index (κ2) is 5.90. The number of nitrogens with zero attached hydrogens (tertiary/aromatic N) is 1. The summed E-state index contributed by atoms with van der Waals surface area (Å²) in [7, 11) is 0. The monoisotopic (exact) mass is 318 g/mol. The van der Waals surface area contributed by atoms with Crippen LogP contribution in [0.3, 0.4) is 0 Å². The molecule has 3 nitrogen and oxygen atoms in total. The van der Waals surface area contributed by atoms with Gasteiger partial charge in [-0.05, 0) is 24.3 Å². The third-order valence-electron chi connectivity index (χ3n) is 3.12. The normalized spacial score (nSPS) is 10.8. The number of aromatic nitrogens is 1. The molecular weight excluding hydrogens is 307 g/mol. The molecule has 3 aromatic rings. The number of hydrogen-bond donors (Lipinski definition) is 1. The lowest BCUT2D eigenvalue weighted by Gasteiger charge is -2.14. The van der Waals surface area contributed by atoms with Crippen molar-refractivity contribution in [3.05, 3.63) is 64.3 Å². The predicted octanol–water partition coefficient (Wildman–Crippen LogP) is 4.79. The SMILES string of the molecule is NCc1cnc2ccccc2c1Oc1cc(Cl)ccc1Cl. The van der Waals surface area contributed by atoms with Crippen molar-refractivity contribution in [3.63, 3.8) is 0 Å². The van der Waals surface area contributed by atoms with E-state index in [1.165, 1.54) is 0 Å². The van der Waals surface area contributed by atoms with Gasteiger partial charge >= 0.3 is 0 Å². The third kappa shape index (κ3) is 2.81. The number of pyridine rings is 1. The lowest BCUT2D eigenvalue weighted by atomic mass is 10.1. The molecule has 0 aliphatic carbocycles. The lowest BCUT2D eigenvalue weighted by molar-refractivity contribution is 0.482. The van der Waals surface area contributed by atoms with Crippen LogP contribution in [-0.2, 0) is 6.54 Å². The zero-order chi connectivity index (χ0) is 14.8. The summed E-state index contributed by atoms with van der Waals surface area (Å²) in [6.45, 7) is 0.325. The summed E-state index contributed by atoms with van der Waals surface area (Å²) < 4.78 is 5.99. The van der Waals surface area contributed by atoms with Gasteiger partial charge in [0, 0.05) is 34.8 Å². The molecule has 0 atom stereocenters. The summed E-state index contributed by atoms with van der Waals surface area (Å²) >= 11 is 12.2. The highest BCUT2D eigenvalue weighted by Crippen LogP contribution is 2.36. The van der Waals surface area contributed by atoms with Crippen LogP contribution < -0.4 is 10.5 Å². The Morgan fingerprint density at radius 2 is 1.90 bits per heavy atom. The average Bonchev–Trinajstić information content (AvgIpc) is 2.51. The number of rotatable bonds is 3. The number of hydrogen-bond acceptors (Lipinski definition) is 3. The van der Waals surface area contributed by atoms with Crippen molar-refractivity contribution in [3.8, 4) is 11.5 Å². The first kappa shape index (κ1) is 14.1. The Labute approximate surface area is 132 Å². The van der Waals surface area contributed by atoms with Crippen molar-refractivity contribution in [1.82, 2.24) is 4.98 Å². The Kier molecular flexibility index (Phi) is 3.97. The molecule has 1 heterocycles. The molecule has 0 fully saturated rings. The third-order valence-corrected chi connectivity index (χ3v) is 3.67. The maximum atomic E-state index is 6.16. The minimum Gasteiger partial charge on any atom is -0.455 e. The fourth-order valence-electron chi connectivity index (χ4n) is 2.09. The average molecular weight is 319 g/mol. The van der Waals surface area contributed by atoms with E-state index in [4.69, 9.17) is 33.7 Å². The smallest absolute Gasteiger partial charge is 0.147 e. The molecule has 0 aliphatic heterocycles. The number of fused-ring (bicyclic) bond motifs is 1. The van der Waals surface area contributed by atoms with Crippen LogP contribution in [0.15, 0.2) is 48.7 Å². The van der Waals surface area contributed by atoms with Crippen molar-refractivity contribution < 1.29 is 4.74 Å². The molecule has 1 aromatic heterocycles. The first-order chi connectivity index (χ1) is 10.2. The largest absolute Gasteiger partial charge is 0.455 e. The first-order valence-electron chi connectivity index (χ1n) is 6.38. The minimum absolute atomic E-state index is 0.325. The van der Waals surface area contributed by atoms with Crippen molar-refractivity contribution in [1.29, 1.82) is 0 Å². The van der Waals surface area contributed by atoms with Gasteiger partial charge in [-0.25, -0.2) is 0 Å². The van der Waals surface area contributed by atoms with Crippen LogP contribution in [0.25, 0.3) is 10.9 Å². The van der Waals surface area contributed by atoms with E-state index in [-0.39, 0.29) is 0 Å². The Morgan fingerprint density at radius 1 is 1.10 bits per heavy atom. The molecule has 0 saturated carbocycles. The Balaban J connectivity index is 2.16. The van der Waals surface area contributed by atoms with Gasteiger partial charge in [-0.1, -0.05) is 35.3 Å². The molecule has 0 amide bonds. The summed E-state index contributed by atoms with van der Waals surface area (Å²) in [4.78, 5) is 4.38. The maximum absolute atomic E-state index is 6.16. The van der Waals surface area contributed by atoms with Crippen molar-refractivity contribution in [2.75, 3.05) is 0 Å². The Morgan fingerprint density at radius 3 is 2.71 bits per heavy atom. The van der Waals surface area contributed by atoms with Gasteiger partial charge in [0.25, 0.3) is 0 Å². The number of para-hydroxylation sites is 1. The lowest BCUT2D eigenvalue weighted by Crippen LogP contribution is -2.01. The van der Waals surface area contributed by atoms with Crippen LogP contribution in [0.5, 0.6) is 11.5 Å². The molecule has 0 unspecified atom stereocenters. The number of halogens is 2. The van der Waals surface area contributed by atoms with E-state index < -0.39 is 0 Å². The quantitative estimate of drug-likeness (QED) is 0.755. The molecule has 3 rings (SSSR count). The zero-order valence-corrected chi connectivity index (χ0v) is 12.5. The minimum atomic E-state index is 0.325. The molecule has 2 N–H and O–H groups in total. The predicted molar refractivity (Wildman–Crippen MR) is 86.2 cm³/mol. The van der Waals surface area contributed by atoms with Gasteiger partial charge < -0.3 is 10.5 Å². The molecule has 0 radical (unpaired) electrons.